The number of hydrogen-bond donors (Lipinski definition) is 2. The molecule has 0 heterocycles. The molecule has 0 fully saturated rings. The van der Waals surface area contributed by atoms with E-state index in [1.54, 1.807) is 13.8 Å². The van der Waals surface area contributed by atoms with Gasteiger partial charge in [-0.1, -0.05) is 0 Å². The lowest BCUT2D eigenvalue weighted by Gasteiger charge is -2.23. The second kappa shape index (κ2) is 4.67. The van der Waals surface area contributed by atoms with E-state index in [9.17, 15) is 17.2 Å². The quantitative estimate of drug-likeness (QED) is 0.851. The standard InChI is InChI=1S/C10H14F2N2O2S/c1-10(2,6-13)14-17(15,16)9-4-7(11)3-8(12)5-9/h3-5,14H,6,13H2,1-2H3. The van der Waals surface area contributed by atoms with E-state index in [1.807, 2.05) is 0 Å². The summed E-state index contributed by atoms with van der Waals surface area (Å²) >= 11 is 0. The first-order valence-electron chi connectivity index (χ1n) is 4.86. The average Bonchev–Trinajstić information content (AvgIpc) is 2.14. The molecule has 3 N–H and O–H groups in total. The highest BCUT2D eigenvalue weighted by Crippen LogP contribution is 2.15. The van der Waals surface area contributed by atoms with Crippen molar-refractivity contribution >= 4 is 10.0 Å². The molecule has 0 bridgehead atoms. The lowest BCUT2D eigenvalue weighted by molar-refractivity contribution is 0.461. The molecule has 0 radical (unpaired) electrons. The van der Waals surface area contributed by atoms with E-state index in [2.05, 4.69) is 4.72 Å². The van der Waals surface area contributed by atoms with Gasteiger partial charge in [0.1, 0.15) is 11.6 Å². The van der Waals surface area contributed by atoms with Gasteiger partial charge in [0.15, 0.2) is 0 Å². The smallest absolute Gasteiger partial charge is 0.241 e. The van der Waals surface area contributed by atoms with Crippen molar-refractivity contribution in [2.45, 2.75) is 24.3 Å². The van der Waals surface area contributed by atoms with E-state index in [1.165, 1.54) is 0 Å². The molecule has 0 unspecified atom stereocenters. The molecule has 4 nitrogen and oxygen atoms in total. The Labute approximate surface area is 98.9 Å². The van der Waals surface area contributed by atoms with Gasteiger partial charge in [0.2, 0.25) is 10.0 Å². The number of benzene rings is 1. The highest BCUT2D eigenvalue weighted by molar-refractivity contribution is 7.89. The maximum Gasteiger partial charge on any atom is 0.241 e. The highest BCUT2D eigenvalue weighted by Gasteiger charge is 2.25. The highest BCUT2D eigenvalue weighted by atomic mass is 32.2. The zero-order chi connectivity index (χ0) is 13.3. The zero-order valence-corrected chi connectivity index (χ0v) is 10.3. The van der Waals surface area contributed by atoms with Crippen LogP contribution in [0.5, 0.6) is 0 Å². The normalized spacial score (nSPS) is 12.8. The monoisotopic (exact) mass is 264 g/mol. The van der Waals surface area contributed by atoms with Crippen LogP contribution in [0.1, 0.15) is 13.8 Å². The van der Waals surface area contributed by atoms with Gasteiger partial charge in [0.05, 0.1) is 4.90 Å². The van der Waals surface area contributed by atoms with Crippen molar-refractivity contribution in [1.82, 2.24) is 4.72 Å². The van der Waals surface area contributed by atoms with Gasteiger partial charge >= 0.3 is 0 Å². The predicted octanol–water partition coefficient (Wildman–Crippen LogP) is 0.980. The fraction of sp³-hybridized carbons (Fsp3) is 0.400. The van der Waals surface area contributed by atoms with E-state index in [0.717, 1.165) is 12.1 Å². The molecule has 0 spiro atoms. The van der Waals surface area contributed by atoms with Gasteiger partial charge in [-0.25, -0.2) is 21.9 Å². The number of nitrogens with one attached hydrogen (secondary N) is 1. The third-order valence-corrected chi connectivity index (χ3v) is 3.74. The van der Waals surface area contributed by atoms with Gasteiger partial charge in [-0.3, -0.25) is 0 Å². The number of halogens is 2. The van der Waals surface area contributed by atoms with Crippen LogP contribution in [-0.2, 0) is 10.0 Å². The Morgan fingerprint density at radius 3 is 2.12 bits per heavy atom. The summed E-state index contributed by atoms with van der Waals surface area (Å²) in [4.78, 5) is -0.462. The maximum absolute atomic E-state index is 12.9. The molecule has 1 aromatic carbocycles. The van der Waals surface area contributed by atoms with Gasteiger partial charge in [-0.05, 0) is 26.0 Å². The van der Waals surface area contributed by atoms with Gasteiger partial charge in [0, 0.05) is 18.2 Å². The molecule has 96 valence electrons. The maximum atomic E-state index is 12.9. The molecule has 1 rings (SSSR count). The molecule has 1 aromatic rings. The van der Waals surface area contributed by atoms with Crippen molar-refractivity contribution < 1.29 is 17.2 Å². The molecule has 7 heteroatoms. The number of rotatable bonds is 4. The van der Waals surface area contributed by atoms with E-state index in [0.29, 0.717) is 6.07 Å². The van der Waals surface area contributed by atoms with Gasteiger partial charge in [0.25, 0.3) is 0 Å². The summed E-state index contributed by atoms with van der Waals surface area (Å²) in [6.45, 7) is 3.20. The Morgan fingerprint density at radius 1 is 1.24 bits per heavy atom. The number of nitrogens with two attached hydrogens (primary N) is 1. The first kappa shape index (κ1) is 14.0. The van der Waals surface area contributed by atoms with Crippen molar-refractivity contribution in [3.8, 4) is 0 Å². The van der Waals surface area contributed by atoms with Crippen molar-refractivity contribution in [3.05, 3.63) is 29.8 Å². The molecule has 17 heavy (non-hydrogen) atoms. The van der Waals surface area contributed by atoms with Crippen LogP contribution in [0.25, 0.3) is 0 Å². The topological polar surface area (TPSA) is 72.2 Å². The Morgan fingerprint density at radius 2 is 1.71 bits per heavy atom. The predicted molar refractivity (Wildman–Crippen MR) is 59.8 cm³/mol. The summed E-state index contributed by atoms with van der Waals surface area (Å²) < 4.78 is 51.7. The summed E-state index contributed by atoms with van der Waals surface area (Å²) in [5.41, 5.74) is 4.49. The zero-order valence-electron chi connectivity index (χ0n) is 9.50. The summed E-state index contributed by atoms with van der Waals surface area (Å²) in [5, 5.41) is 0. The molecular weight excluding hydrogens is 250 g/mol. The Bertz CT molecular complexity index is 495. The minimum Gasteiger partial charge on any atom is -0.329 e. The van der Waals surface area contributed by atoms with E-state index in [4.69, 9.17) is 5.73 Å². The minimum atomic E-state index is -3.99. The van der Waals surface area contributed by atoms with Crippen LogP contribution in [0.3, 0.4) is 0 Å². The van der Waals surface area contributed by atoms with E-state index < -0.39 is 32.1 Å². The first-order chi connectivity index (χ1) is 7.66. The average molecular weight is 264 g/mol. The lowest BCUT2D eigenvalue weighted by atomic mass is 10.1. The minimum absolute atomic E-state index is 0.0596. The Balaban J connectivity index is 3.14. The van der Waals surface area contributed by atoms with Crippen molar-refractivity contribution in [1.29, 1.82) is 0 Å². The van der Waals surface area contributed by atoms with Crippen LogP contribution in [-0.4, -0.2) is 20.5 Å². The van der Waals surface area contributed by atoms with E-state index in [-0.39, 0.29) is 6.54 Å². The van der Waals surface area contributed by atoms with Crippen LogP contribution < -0.4 is 10.5 Å². The molecule has 0 aliphatic heterocycles. The summed E-state index contributed by atoms with van der Waals surface area (Å²) in [6, 6.07) is 2.10. The summed E-state index contributed by atoms with van der Waals surface area (Å²) in [7, 11) is -3.99. The van der Waals surface area contributed by atoms with Crippen molar-refractivity contribution in [2.75, 3.05) is 6.54 Å². The molecule has 0 saturated heterocycles. The fourth-order valence-corrected chi connectivity index (χ4v) is 2.61. The van der Waals surface area contributed by atoms with Crippen LogP contribution >= 0.6 is 0 Å². The van der Waals surface area contributed by atoms with Crippen LogP contribution in [0.15, 0.2) is 23.1 Å². The van der Waals surface area contributed by atoms with Gasteiger partial charge < -0.3 is 5.73 Å². The van der Waals surface area contributed by atoms with Gasteiger partial charge in [-0.2, -0.15) is 0 Å². The third-order valence-electron chi connectivity index (χ3n) is 2.07. The second-order valence-electron chi connectivity index (χ2n) is 4.30. The van der Waals surface area contributed by atoms with Gasteiger partial charge in [-0.15, -0.1) is 0 Å². The lowest BCUT2D eigenvalue weighted by Crippen LogP contribution is -2.48. The molecule has 0 aliphatic rings. The molecule has 0 saturated carbocycles. The molecule has 0 atom stereocenters. The van der Waals surface area contributed by atoms with Crippen LogP contribution in [0.4, 0.5) is 8.78 Å². The Hall–Kier alpha value is -1.05. The largest absolute Gasteiger partial charge is 0.329 e. The van der Waals surface area contributed by atoms with E-state index >= 15 is 0 Å². The van der Waals surface area contributed by atoms with Crippen molar-refractivity contribution in [2.24, 2.45) is 5.73 Å². The molecule has 0 amide bonds. The Kier molecular flexibility index (Phi) is 3.85. The molecular formula is C10H14F2N2O2S. The molecule has 0 aliphatic carbocycles. The summed E-state index contributed by atoms with van der Waals surface area (Å²) in [6.07, 6.45) is 0. The SMILES string of the molecule is CC(C)(CN)NS(=O)(=O)c1cc(F)cc(F)c1. The molecule has 0 aromatic heterocycles. The fourth-order valence-electron chi connectivity index (χ4n) is 1.15. The first-order valence-corrected chi connectivity index (χ1v) is 6.35. The summed E-state index contributed by atoms with van der Waals surface area (Å²) in [5.74, 6) is -1.90. The number of sulfonamides is 1. The van der Waals surface area contributed by atoms with Crippen LogP contribution in [0, 0.1) is 11.6 Å². The number of hydrogen-bond acceptors (Lipinski definition) is 3. The second-order valence-corrected chi connectivity index (χ2v) is 5.98. The third kappa shape index (κ3) is 3.72. The van der Waals surface area contributed by atoms with Crippen molar-refractivity contribution in [3.63, 3.8) is 0 Å². The van der Waals surface area contributed by atoms with Crippen LogP contribution in [0.2, 0.25) is 0 Å².